The molecule has 0 amide bonds. The number of aliphatic hydroxyl groups is 1. The molecule has 0 saturated carbocycles. The lowest BCUT2D eigenvalue weighted by Crippen LogP contribution is -2.21. The van der Waals surface area contributed by atoms with Crippen molar-refractivity contribution in [2.75, 3.05) is 6.61 Å². The Morgan fingerprint density at radius 3 is 2.75 bits per heavy atom. The van der Waals surface area contributed by atoms with Gasteiger partial charge in [-0.05, 0) is 28.8 Å². The van der Waals surface area contributed by atoms with E-state index in [1.165, 1.54) is 11.3 Å². The molecular formula is C8H10F2OS. The molecule has 0 bridgehead atoms. The average molecular weight is 192 g/mol. The van der Waals surface area contributed by atoms with Crippen LogP contribution in [0.5, 0.6) is 0 Å². The molecule has 1 nitrogen and oxygen atoms in total. The Morgan fingerprint density at radius 2 is 2.25 bits per heavy atom. The summed E-state index contributed by atoms with van der Waals surface area (Å²) in [6, 6.07) is 1.82. The smallest absolute Gasteiger partial charge is 0.271 e. The highest BCUT2D eigenvalue weighted by Gasteiger charge is 2.26. The van der Waals surface area contributed by atoms with Gasteiger partial charge in [-0.1, -0.05) is 0 Å². The van der Waals surface area contributed by atoms with Gasteiger partial charge in [-0.3, -0.25) is 0 Å². The fourth-order valence-electron chi connectivity index (χ4n) is 0.841. The third kappa shape index (κ3) is 2.87. The van der Waals surface area contributed by atoms with Crippen LogP contribution in [0.15, 0.2) is 16.8 Å². The highest BCUT2D eigenvalue weighted by atomic mass is 32.1. The SMILES string of the molecule is OCC(F)(F)CCc1ccsc1. The zero-order chi connectivity index (χ0) is 9.03. The minimum absolute atomic E-state index is 0.278. The van der Waals surface area contributed by atoms with E-state index in [2.05, 4.69) is 0 Å². The van der Waals surface area contributed by atoms with Crippen LogP contribution in [0.4, 0.5) is 8.78 Å². The minimum atomic E-state index is -2.93. The first-order chi connectivity index (χ1) is 5.64. The van der Waals surface area contributed by atoms with E-state index in [0.717, 1.165) is 5.56 Å². The highest BCUT2D eigenvalue weighted by Crippen LogP contribution is 2.20. The maximum atomic E-state index is 12.5. The summed E-state index contributed by atoms with van der Waals surface area (Å²) in [7, 11) is 0. The molecule has 0 fully saturated rings. The lowest BCUT2D eigenvalue weighted by Gasteiger charge is -2.11. The second-order valence-electron chi connectivity index (χ2n) is 2.65. The van der Waals surface area contributed by atoms with Crippen molar-refractivity contribution in [3.05, 3.63) is 22.4 Å². The normalized spacial score (nSPS) is 11.9. The van der Waals surface area contributed by atoms with Crippen molar-refractivity contribution in [1.82, 2.24) is 0 Å². The van der Waals surface area contributed by atoms with Crippen molar-refractivity contribution in [2.24, 2.45) is 0 Å². The van der Waals surface area contributed by atoms with Crippen LogP contribution >= 0.6 is 11.3 Å². The first-order valence-electron chi connectivity index (χ1n) is 3.64. The summed E-state index contributed by atoms with van der Waals surface area (Å²) in [6.07, 6.45) is 0.0529. The number of rotatable bonds is 4. The lowest BCUT2D eigenvalue weighted by molar-refractivity contribution is -0.0558. The Kier molecular flexibility index (Phi) is 3.17. The van der Waals surface area contributed by atoms with Crippen molar-refractivity contribution < 1.29 is 13.9 Å². The van der Waals surface area contributed by atoms with Gasteiger partial charge in [-0.15, -0.1) is 0 Å². The first-order valence-corrected chi connectivity index (χ1v) is 4.58. The van der Waals surface area contributed by atoms with E-state index in [9.17, 15) is 8.78 Å². The molecule has 0 aliphatic carbocycles. The van der Waals surface area contributed by atoms with Gasteiger partial charge < -0.3 is 5.11 Å². The van der Waals surface area contributed by atoms with Gasteiger partial charge in [0.05, 0.1) is 0 Å². The number of aryl methyl sites for hydroxylation is 1. The van der Waals surface area contributed by atoms with Gasteiger partial charge in [-0.2, -0.15) is 11.3 Å². The van der Waals surface area contributed by atoms with Crippen LogP contribution < -0.4 is 0 Å². The summed E-state index contributed by atoms with van der Waals surface area (Å²) in [5.41, 5.74) is 0.910. The maximum absolute atomic E-state index is 12.5. The van der Waals surface area contributed by atoms with Crippen molar-refractivity contribution >= 4 is 11.3 Å². The van der Waals surface area contributed by atoms with Gasteiger partial charge in [-0.25, -0.2) is 8.78 Å². The molecule has 1 aromatic heterocycles. The average Bonchev–Trinajstić information content (AvgIpc) is 2.53. The molecule has 0 aromatic carbocycles. The summed E-state index contributed by atoms with van der Waals surface area (Å²) < 4.78 is 25.0. The predicted molar refractivity (Wildman–Crippen MR) is 44.7 cm³/mol. The van der Waals surface area contributed by atoms with Gasteiger partial charge in [0.2, 0.25) is 0 Å². The topological polar surface area (TPSA) is 20.2 Å². The number of hydrogen-bond donors (Lipinski definition) is 1. The second kappa shape index (κ2) is 3.96. The number of hydrogen-bond acceptors (Lipinski definition) is 2. The first kappa shape index (κ1) is 9.61. The van der Waals surface area contributed by atoms with Crippen molar-refractivity contribution in [2.45, 2.75) is 18.8 Å². The molecule has 0 atom stereocenters. The maximum Gasteiger partial charge on any atom is 0.271 e. The van der Waals surface area contributed by atoms with Crippen LogP contribution in [0.2, 0.25) is 0 Å². The molecule has 0 aliphatic heterocycles. The number of halogens is 2. The molecule has 1 N–H and O–H groups in total. The molecule has 1 rings (SSSR count). The van der Waals surface area contributed by atoms with Gasteiger partial charge in [0.25, 0.3) is 5.92 Å². The number of aliphatic hydroxyl groups excluding tert-OH is 1. The van der Waals surface area contributed by atoms with Crippen LogP contribution in [0.3, 0.4) is 0 Å². The molecule has 68 valence electrons. The fraction of sp³-hybridized carbons (Fsp3) is 0.500. The molecule has 12 heavy (non-hydrogen) atoms. The number of thiophene rings is 1. The lowest BCUT2D eigenvalue weighted by atomic mass is 10.1. The minimum Gasteiger partial charge on any atom is -0.390 e. The highest BCUT2D eigenvalue weighted by molar-refractivity contribution is 7.07. The van der Waals surface area contributed by atoms with Gasteiger partial charge in [0, 0.05) is 6.42 Å². The van der Waals surface area contributed by atoms with Crippen molar-refractivity contribution in [3.63, 3.8) is 0 Å². The molecule has 0 saturated heterocycles. The van der Waals surface area contributed by atoms with Crippen LogP contribution in [-0.4, -0.2) is 17.6 Å². The zero-order valence-corrected chi connectivity index (χ0v) is 7.28. The molecular weight excluding hydrogens is 182 g/mol. The summed E-state index contributed by atoms with van der Waals surface area (Å²) >= 11 is 1.49. The molecule has 0 spiro atoms. The summed E-state index contributed by atoms with van der Waals surface area (Å²) in [5.74, 6) is -2.93. The van der Waals surface area contributed by atoms with E-state index in [1.807, 2.05) is 16.8 Å². The quantitative estimate of drug-likeness (QED) is 0.776. The molecule has 1 heterocycles. The van der Waals surface area contributed by atoms with Gasteiger partial charge >= 0.3 is 0 Å². The van der Waals surface area contributed by atoms with Crippen LogP contribution in [0.25, 0.3) is 0 Å². The van der Waals surface area contributed by atoms with Crippen LogP contribution in [-0.2, 0) is 6.42 Å². The van der Waals surface area contributed by atoms with E-state index in [-0.39, 0.29) is 6.42 Å². The van der Waals surface area contributed by atoms with Crippen LogP contribution in [0, 0.1) is 0 Å². The Bertz CT molecular complexity index is 221. The van der Waals surface area contributed by atoms with Crippen LogP contribution in [0.1, 0.15) is 12.0 Å². The van der Waals surface area contributed by atoms with Crippen molar-refractivity contribution in [1.29, 1.82) is 0 Å². The molecule has 0 radical (unpaired) electrons. The summed E-state index contributed by atoms with van der Waals surface area (Å²) in [4.78, 5) is 0. The Labute approximate surface area is 73.7 Å². The fourth-order valence-corrected chi connectivity index (χ4v) is 1.54. The van der Waals surface area contributed by atoms with Crippen molar-refractivity contribution in [3.8, 4) is 0 Å². The van der Waals surface area contributed by atoms with E-state index in [0.29, 0.717) is 6.42 Å². The second-order valence-corrected chi connectivity index (χ2v) is 3.43. The summed E-state index contributed by atoms with van der Waals surface area (Å²) in [5, 5.41) is 12.0. The van der Waals surface area contributed by atoms with Gasteiger partial charge in [0.1, 0.15) is 6.61 Å². The third-order valence-corrected chi connectivity index (χ3v) is 2.32. The van der Waals surface area contributed by atoms with Gasteiger partial charge in [0.15, 0.2) is 0 Å². The summed E-state index contributed by atoms with van der Waals surface area (Å²) in [6.45, 7) is -1.06. The third-order valence-electron chi connectivity index (χ3n) is 1.59. The zero-order valence-electron chi connectivity index (χ0n) is 6.46. The monoisotopic (exact) mass is 192 g/mol. The number of alkyl halides is 2. The molecule has 1 aromatic rings. The standard InChI is InChI=1S/C8H10F2OS/c9-8(10,6-11)3-1-7-2-4-12-5-7/h2,4-5,11H,1,3,6H2. The Morgan fingerprint density at radius 1 is 1.50 bits per heavy atom. The largest absolute Gasteiger partial charge is 0.390 e. The van der Waals surface area contributed by atoms with E-state index in [1.54, 1.807) is 0 Å². The Hall–Kier alpha value is -0.480. The molecule has 0 unspecified atom stereocenters. The van der Waals surface area contributed by atoms with E-state index < -0.39 is 12.5 Å². The Balaban J connectivity index is 2.36. The van der Waals surface area contributed by atoms with E-state index in [4.69, 9.17) is 5.11 Å². The van der Waals surface area contributed by atoms with E-state index >= 15 is 0 Å². The molecule has 4 heteroatoms. The molecule has 0 aliphatic rings. The predicted octanol–water partition coefficient (Wildman–Crippen LogP) is 2.31.